The zero-order valence-corrected chi connectivity index (χ0v) is 12.2. The average Bonchev–Trinajstić information content (AvgIpc) is 2.39. The van der Waals surface area contributed by atoms with Crippen molar-refractivity contribution >= 4 is 33.9 Å². The Balaban J connectivity index is 2.13. The zero-order chi connectivity index (χ0) is 13.2. The quantitative estimate of drug-likeness (QED) is 0.764. The van der Waals surface area contributed by atoms with Crippen LogP contribution in [0.25, 0.3) is 0 Å². The van der Waals surface area contributed by atoms with Crippen molar-refractivity contribution in [2.24, 2.45) is 11.1 Å². The van der Waals surface area contributed by atoms with E-state index in [1.807, 2.05) is 4.90 Å². The Kier molecular flexibility index (Phi) is 4.37. The SMILES string of the molecule is NC(=S)C1(C(=O)N2CCS(=O)CC2)CCCCC1. The van der Waals surface area contributed by atoms with E-state index >= 15 is 0 Å². The lowest BCUT2D eigenvalue weighted by Gasteiger charge is -2.40. The lowest BCUT2D eigenvalue weighted by molar-refractivity contribution is -0.139. The summed E-state index contributed by atoms with van der Waals surface area (Å²) < 4.78 is 11.3. The molecule has 0 unspecified atom stereocenters. The average molecular weight is 288 g/mol. The molecular formula is C12H20N2O2S2. The first kappa shape index (κ1) is 13.9. The number of thiocarbonyl (C=S) groups is 1. The van der Waals surface area contributed by atoms with Gasteiger partial charge in [-0.1, -0.05) is 31.5 Å². The fourth-order valence-electron chi connectivity index (χ4n) is 2.86. The molecule has 4 nitrogen and oxygen atoms in total. The molecule has 1 heterocycles. The van der Waals surface area contributed by atoms with Crippen molar-refractivity contribution < 1.29 is 9.00 Å². The number of carbonyl (C=O) groups is 1. The summed E-state index contributed by atoms with van der Waals surface area (Å²) in [5.74, 6) is 1.24. The Morgan fingerprint density at radius 1 is 1.17 bits per heavy atom. The summed E-state index contributed by atoms with van der Waals surface area (Å²) in [6.07, 6.45) is 4.74. The highest BCUT2D eigenvalue weighted by Gasteiger charge is 2.45. The van der Waals surface area contributed by atoms with Crippen LogP contribution in [0.15, 0.2) is 0 Å². The van der Waals surface area contributed by atoms with Gasteiger partial charge in [0, 0.05) is 35.4 Å². The summed E-state index contributed by atoms with van der Waals surface area (Å²) in [6, 6.07) is 0. The van der Waals surface area contributed by atoms with Gasteiger partial charge < -0.3 is 10.6 Å². The third-order valence-corrected chi connectivity index (χ3v) is 5.72. The van der Waals surface area contributed by atoms with Crippen LogP contribution < -0.4 is 5.73 Å². The molecule has 0 aromatic rings. The van der Waals surface area contributed by atoms with Gasteiger partial charge in [-0.3, -0.25) is 9.00 Å². The fourth-order valence-corrected chi connectivity index (χ4v) is 4.21. The van der Waals surface area contributed by atoms with Crippen molar-refractivity contribution in [3.8, 4) is 0 Å². The van der Waals surface area contributed by atoms with Crippen molar-refractivity contribution in [2.75, 3.05) is 24.6 Å². The van der Waals surface area contributed by atoms with Crippen molar-refractivity contribution in [1.29, 1.82) is 0 Å². The molecule has 2 rings (SSSR count). The smallest absolute Gasteiger partial charge is 0.235 e. The number of hydrogen-bond donors (Lipinski definition) is 1. The van der Waals surface area contributed by atoms with E-state index in [1.165, 1.54) is 0 Å². The Labute approximate surface area is 116 Å². The number of rotatable bonds is 2. The van der Waals surface area contributed by atoms with Crippen LogP contribution in [0.1, 0.15) is 32.1 Å². The standard InChI is InChI=1S/C12H20N2O2S2/c13-10(17)12(4-2-1-3-5-12)11(15)14-6-8-18(16)9-7-14/h1-9H2,(H2,13,17). The summed E-state index contributed by atoms with van der Waals surface area (Å²) in [4.78, 5) is 14.8. The highest BCUT2D eigenvalue weighted by atomic mass is 32.2. The van der Waals surface area contributed by atoms with E-state index < -0.39 is 16.2 Å². The lowest BCUT2D eigenvalue weighted by Crippen LogP contribution is -2.54. The molecule has 0 aromatic carbocycles. The van der Waals surface area contributed by atoms with E-state index in [9.17, 15) is 9.00 Å². The van der Waals surface area contributed by atoms with Crippen molar-refractivity contribution in [3.63, 3.8) is 0 Å². The molecule has 0 spiro atoms. The monoisotopic (exact) mass is 288 g/mol. The number of nitrogens with zero attached hydrogens (tertiary/aromatic N) is 1. The summed E-state index contributed by atoms with van der Waals surface area (Å²) in [7, 11) is -0.765. The first-order chi connectivity index (χ1) is 8.56. The molecule has 2 aliphatic rings. The highest BCUT2D eigenvalue weighted by molar-refractivity contribution is 7.85. The van der Waals surface area contributed by atoms with Gasteiger partial charge in [0.25, 0.3) is 0 Å². The lowest BCUT2D eigenvalue weighted by atomic mass is 9.73. The Hall–Kier alpha value is -0.490. The van der Waals surface area contributed by atoms with Gasteiger partial charge in [0.15, 0.2) is 0 Å². The van der Waals surface area contributed by atoms with E-state index in [4.69, 9.17) is 18.0 Å². The minimum atomic E-state index is -0.765. The number of amides is 1. The summed E-state index contributed by atoms with van der Waals surface area (Å²) >= 11 is 5.17. The molecule has 1 saturated carbocycles. The Morgan fingerprint density at radius 2 is 1.72 bits per heavy atom. The van der Waals surface area contributed by atoms with Gasteiger partial charge in [0.2, 0.25) is 5.91 Å². The molecule has 102 valence electrons. The summed E-state index contributed by atoms with van der Waals surface area (Å²) in [6.45, 7) is 1.16. The van der Waals surface area contributed by atoms with Gasteiger partial charge >= 0.3 is 0 Å². The number of hydrogen-bond acceptors (Lipinski definition) is 3. The van der Waals surface area contributed by atoms with E-state index in [-0.39, 0.29) is 5.91 Å². The third-order valence-electron chi connectivity index (χ3n) is 4.05. The normalized spacial score (nSPS) is 24.8. The molecule has 1 saturated heterocycles. The molecule has 2 fully saturated rings. The van der Waals surface area contributed by atoms with Gasteiger partial charge in [-0.2, -0.15) is 0 Å². The number of carbonyl (C=O) groups excluding carboxylic acids is 1. The summed E-state index contributed by atoms with van der Waals surface area (Å²) in [5, 5.41) is 0. The fraction of sp³-hybridized carbons (Fsp3) is 0.833. The van der Waals surface area contributed by atoms with Crippen molar-refractivity contribution in [1.82, 2.24) is 4.90 Å². The van der Waals surface area contributed by atoms with Crippen LogP contribution >= 0.6 is 12.2 Å². The first-order valence-electron chi connectivity index (χ1n) is 6.50. The molecule has 0 atom stereocenters. The van der Waals surface area contributed by atoms with E-state index in [1.54, 1.807) is 0 Å². The van der Waals surface area contributed by atoms with E-state index in [2.05, 4.69) is 0 Å². The van der Waals surface area contributed by atoms with Crippen LogP contribution in [0, 0.1) is 5.41 Å². The second kappa shape index (κ2) is 5.65. The second-order valence-corrected chi connectivity index (χ2v) is 7.28. The van der Waals surface area contributed by atoms with Crippen LogP contribution in [-0.2, 0) is 15.6 Å². The minimum Gasteiger partial charge on any atom is -0.392 e. The molecule has 2 N–H and O–H groups in total. The van der Waals surface area contributed by atoms with Crippen molar-refractivity contribution in [2.45, 2.75) is 32.1 Å². The third kappa shape index (κ3) is 2.59. The molecule has 1 aliphatic carbocycles. The molecule has 0 radical (unpaired) electrons. The van der Waals surface area contributed by atoms with Gasteiger partial charge in [-0.25, -0.2) is 0 Å². The van der Waals surface area contributed by atoms with E-state index in [0.29, 0.717) is 29.6 Å². The minimum absolute atomic E-state index is 0.0754. The highest BCUT2D eigenvalue weighted by Crippen LogP contribution is 2.38. The molecule has 1 amide bonds. The maximum Gasteiger partial charge on any atom is 0.235 e. The topological polar surface area (TPSA) is 63.4 Å². The van der Waals surface area contributed by atoms with Crippen LogP contribution in [-0.4, -0.2) is 44.6 Å². The molecule has 0 bridgehead atoms. The zero-order valence-electron chi connectivity index (χ0n) is 10.5. The van der Waals surface area contributed by atoms with E-state index in [0.717, 1.165) is 32.1 Å². The van der Waals surface area contributed by atoms with Gasteiger partial charge in [-0.05, 0) is 12.8 Å². The first-order valence-corrected chi connectivity index (χ1v) is 8.40. The molecular weight excluding hydrogens is 268 g/mol. The van der Waals surface area contributed by atoms with Crippen molar-refractivity contribution in [3.05, 3.63) is 0 Å². The molecule has 0 aromatic heterocycles. The second-order valence-electron chi connectivity index (χ2n) is 5.15. The molecule has 18 heavy (non-hydrogen) atoms. The van der Waals surface area contributed by atoms with Gasteiger partial charge in [-0.15, -0.1) is 0 Å². The van der Waals surface area contributed by atoms with Crippen LogP contribution in [0.4, 0.5) is 0 Å². The van der Waals surface area contributed by atoms with Crippen LogP contribution in [0.5, 0.6) is 0 Å². The maximum atomic E-state index is 12.7. The number of nitrogens with two attached hydrogens (primary N) is 1. The van der Waals surface area contributed by atoms with Gasteiger partial charge in [0.05, 0.1) is 10.4 Å². The largest absolute Gasteiger partial charge is 0.392 e. The predicted molar refractivity (Wildman–Crippen MR) is 76.8 cm³/mol. The Bertz CT molecular complexity index is 368. The van der Waals surface area contributed by atoms with Gasteiger partial charge in [0.1, 0.15) is 0 Å². The molecule has 1 aliphatic heterocycles. The predicted octanol–water partition coefficient (Wildman–Crippen LogP) is 0.814. The van der Waals surface area contributed by atoms with Crippen LogP contribution in [0.2, 0.25) is 0 Å². The van der Waals surface area contributed by atoms with Crippen LogP contribution in [0.3, 0.4) is 0 Å². The maximum absolute atomic E-state index is 12.7. The summed E-state index contributed by atoms with van der Waals surface area (Å²) in [5.41, 5.74) is 5.24. The Morgan fingerprint density at radius 3 is 2.22 bits per heavy atom. The molecule has 6 heteroatoms.